The van der Waals surface area contributed by atoms with Gasteiger partial charge >= 0.3 is 5.97 Å². The lowest BCUT2D eigenvalue weighted by molar-refractivity contribution is -0.139. The molecule has 0 atom stereocenters. The maximum atomic E-state index is 11.5. The quantitative estimate of drug-likeness (QED) is 0.739. The lowest BCUT2D eigenvalue weighted by Crippen LogP contribution is -2.09. The van der Waals surface area contributed by atoms with E-state index in [2.05, 4.69) is 0 Å². The molecule has 1 rings (SSSR count). The third kappa shape index (κ3) is 3.79. The fourth-order valence-corrected chi connectivity index (χ4v) is 1.34. The normalized spacial score (nSPS) is 9.94. The van der Waals surface area contributed by atoms with Crippen LogP contribution in [0.2, 0.25) is 0 Å². The van der Waals surface area contributed by atoms with Crippen LogP contribution in [0.5, 0.6) is 11.5 Å². The van der Waals surface area contributed by atoms with Crippen molar-refractivity contribution < 1.29 is 24.5 Å². The van der Waals surface area contributed by atoms with Gasteiger partial charge in [-0.15, -0.1) is 0 Å². The van der Waals surface area contributed by atoms with Crippen molar-refractivity contribution in [2.75, 3.05) is 6.61 Å². The Morgan fingerprint density at radius 2 is 2.06 bits per heavy atom. The Labute approximate surface area is 98.6 Å². The smallest absolute Gasteiger partial charge is 0.341 e. The lowest BCUT2D eigenvalue weighted by atomic mass is 10.1. The number of hydrogen-bond donors (Lipinski definition) is 2. The van der Waals surface area contributed by atoms with Crippen LogP contribution < -0.4 is 4.74 Å². The van der Waals surface area contributed by atoms with Crippen LogP contribution in [-0.2, 0) is 4.79 Å². The molecule has 0 spiro atoms. The monoisotopic (exact) mass is 238 g/mol. The van der Waals surface area contributed by atoms with Gasteiger partial charge in [-0.1, -0.05) is 6.92 Å². The second kappa shape index (κ2) is 5.89. The molecule has 0 bridgehead atoms. The number of ether oxygens (including phenoxy) is 1. The molecule has 0 aliphatic carbocycles. The fourth-order valence-electron chi connectivity index (χ4n) is 1.34. The van der Waals surface area contributed by atoms with Crippen molar-refractivity contribution in [2.45, 2.75) is 19.8 Å². The first-order valence-electron chi connectivity index (χ1n) is 5.25. The summed E-state index contributed by atoms with van der Waals surface area (Å²) < 4.78 is 4.87. The molecule has 5 nitrogen and oxygen atoms in total. The Hall–Kier alpha value is -2.04. The van der Waals surface area contributed by atoms with Gasteiger partial charge in [-0.3, -0.25) is 4.79 Å². The summed E-state index contributed by atoms with van der Waals surface area (Å²) in [4.78, 5) is 21.8. The van der Waals surface area contributed by atoms with Crippen molar-refractivity contribution >= 4 is 11.8 Å². The number of benzene rings is 1. The van der Waals surface area contributed by atoms with E-state index in [1.807, 2.05) is 6.92 Å². The Bertz CT molecular complexity index is 425. The predicted octanol–water partition coefficient (Wildman–Crippen LogP) is 1.84. The Balaban J connectivity index is 2.79. The number of Topliss-reactive ketones (excluding diaryl/α,β-unsaturated/α-hetero) is 1. The molecule has 92 valence electrons. The van der Waals surface area contributed by atoms with Crippen LogP contribution >= 0.6 is 0 Å². The van der Waals surface area contributed by atoms with E-state index in [0.717, 1.165) is 0 Å². The van der Waals surface area contributed by atoms with E-state index in [1.54, 1.807) is 0 Å². The van der Waals surface area contributed by atoms with E-state index in [0.29, 0.717) is 12.8 Å². The molecule has 0 amide bonds. The van der Waals surface area contributed by atoms with Gasteiger partial charge in [-0.05, 0) is 18.6 Å². The molecular formula is C12H14O5. The number of hydrogen-bond acceptors (Lipinski definition) is 4. The van der Waals surface area contributed by atoms with Gasteiger partial charge in [0.1, 0.15) is 11.5 Å². The van der Waals surface area contributed by atoms with Gasteiger partial charge in [-0.2, -0.15) is 0 Å². The van der Waals surface area contributed by atoms with E-state index in [9.17, 15) is 14.7 Å². The Morgan fingerprint density at radius 3 is 2.59 bits per heavy atom. The van der Waals surface area contributed by atoms with Crippen LogP contribution in [0.3, 0.4) is 0 Å². The highest BCUT2D eigenvalue weighted by Gasteiger charge is 2.11. The first-order chi connectivity index (χ1) is 8.04. The molecular weight excluding hydrogens is 224 g/mol. The number of aliphatic carboxylic acids is 1. The summed E-state index contributed by atoms with van der Waals surface area (Å²) in [6.45, 7) is 1.39. The van der Waals surface area contributed by atoms with Crippen molar-refractivity contribution in [3.05, 3.63) is 23.8 Å². The first kappa shape index (κ1) is 13.0. The summed E-state index contributed by atoms with van der Waals surface area (Å²) in [7, 11) is 0. The third-order valence-corrected chi connectivity index (χ3v) is 2.11. The topological polar surface area (TPSA) is 83.8 Å². The van der Waals surface area contributed by atoms with Crippen LogP contribution in [0.15, 0.2) is 18.2 Å². The first-order valence-corrected chi connectivity index (χ1v) is 5.25. The number of carboxylic acid groups (broad SMARTS) is 1. The average Bonchev–Trinajstić information content (AvgIpc) is 2.26. The van der Waals surface area contributed by atoms with Crippen molar-refractivity contribution in [2.24, 2.45) is 0 Å². The summed E-state index contributed by atoms with van der Waals surface area (Å²) >= 11 is 0. The van der Waals surface area contributed by atoms with Crippen molar-refractivity contribution in [3.8, 4) is 11.5 Å². The van der Waals surface area contributed by atoms with Gasteiger partial charge in [-0.25, -0.2) is 4.79 Å². The highest BCUT2D eigenvalue weighted by atomic mass is 16.5. The van der Waals surface area contributed by atoms with Crippen LogP contribution in [0.1, 0.15) is 30.1 Å². The van der Waals surface area contributed by atoms with Crippen LogP contribution in [-0.4, -0.2) is 28.6 Å². The molecule has 0 radical (unpaired) electrons. The number of ketones is 1. The summed E-state index contributed by atoms with van der Waals surface area (Å²) in [6.07, 6.45) is 1.07. The summed E-state index contributed by atoms with van der Waals surface area (Å²) in [5, 5.41) is 18.0. The van der Waals surface area contributed by atoms with Crippen LogP contribution in [0.4, 0.5) is 0 Å². The molecule has 0 heterocycles. The molecule has 0 aliphatic heterocycles. The highest BCUT2D eigenvalue weighted by molar-refractivity contribution is 5.98. The van der Waals surface area contributed by atoms with Gasteiger partial charge < -0.3 is 14.9 Å². The van der Waals surface area contributed by atoms with E-state index in [4.69, 9.17) is 9.84 Å². The van der Waals surface area contributed by atoms with Crippen molar-refractivity contribution in [3.63, 3.8) is 0 Å². The average molecular weight is 238 g/mol. The second-order valence-electron chi connectivity index (χ2n) is 3.53. The molecule has 0 aromatic heterocycles. The molecule has 1 aromatic rings. The Morgan fingerprint density at radius 1 is 1.35 bits per heavy atom. The number of phenolic OH excluding ortho intramolecular Hbond substituents is 1. The summed E-state index contributed by atoms with van der Waals surface area (Å²) in [5.74, 6) is -1.21. The third-order valence-electron chi connectivity index (χ3n) is 2.11. The minimum Gasteiger partial charge on any atom is -0.507 e. The number of carbonyl (C=O) groups excluding carboxylic acids is 1. The van der Waals surface area contributed by atoms with E-state index in [-0.39, 0.29) is 22.8 Å². The van der Waals surface area contributed by atoms with E-state index < -0.39 is 12.6 Å². The van der Waals surface area contributed by atoms with Gasteiger partial charge in [0.05, 0.1) is 5.56 Å². The fraction of sp³-hybridized carbons (Fsp3) is 0.333. The van der Waals surface area contributed by atoms with Gasteiger partial charge in [0.15, 0.2) is 12.4 Å². The van der Waals surface area contributed by atoms with Crippen LogP contribution in [0.25, 0.3) is 0 Å². The second-order valence-corrected chi connectivity index (χ2v) is 3.53. The lowest BCUT2D eigenvalue weighted by Gasteiger charge is -2.06. The zero-order valence-electron chi connectivity index (χ0n) is 9.47. The molecule has 0 fully saturated rings. The minimum absolute atomic E-state index is 0.144. The maximum Gasteiger partial charge on any atom is 0.341 e. The molecule has 0 aliphatic rings. The molecule has 1 aromatic carbocycles. The molecule has 17 heavy (non-hydrogen) atoms. The summed E-state index contributed by atoms with van der Waals surface area (Å²) in [5.41, 5.74) is 0.231. The minimum atomic E-state index is -1.10. The van der Waals surface area contributed by atoms with Crippen molar-refractivity contribution in [1.82, 2.24) is 0 Å². The van der Waals surface area contributed by atoms with Crippen molar-refractivity contribution in [1.29, 1.82) is 0 Å². The molecule has 5 heteroatoms. The number of rotatable bonds is 6. The standard InChI is InChI=1S/C12H14O5/c1-2-3-10(13)9-5-4-8(6-11(9)14)17-7-12(15)16/h4-6,14H,2-3,7H2,1H3,(H,15,16). The number of carboxylic acids is 1. The molecule has 0 saturated heterocycles. The van der Waals surface area contributed by atoms with Gasteiger partial charge in [0.2, 0.25) is 0 Å². The largest absolute Gasteiger partial charge is 0.507 e. The molecule has 2 N–H and O–H groups in total. The van der Waals surface area contributed by atoms with E-state index in [1.165, 1.54) is 18.2 Å². The Kier molecular flexibility index (Phi) is 4.51. The predicted molar refractivity (Wildman–Crippen MR) is 60.5 cm³/mol. The van der Waals surface area contributed by atoms with Crippen LogP contribution in [0, 0.1) is 0 Å². The van der Waals surface area contributed by atoms with Gasteiger partial charge in [0.25, 0.3) is 0 Å². The maximum absolute atomic E-state index is 11.5. The van der Waals surface area contributed by atoms with E-state index >= 15 is 0 Å². The number of carbonyl (C=O) groups is 2. The molecule has 0 saturated carbocycles. The summed E-state index contributed by atoms with van der Waals surface area (Å²) in [6, 6.07) is 4.14. The molecule has 0 unspecified atom stereocenters. The SMILES string of the molecule is CCCC(=O)c1ccc(OCC(=O)O)cc1O. The highest BCUT2D eigenvalue weighted by Crippen LogP contribution is 2.25. The zero-order chi connectivity index (χ0) is 12.8. The van der Waals surface area contributed by atoms with Gasteiger partial charge in [0, 0.05) is 12.5 Å². The zero-order valence-corrected chi connectivity index (χ0v) is 9.47. The number of aromatic hydroxyl groups is 1. The number of phenols is 1.